The highest BCUT2D eigenvalue weighted by Gasteiger charge is 2.07. The van der Waals surface area contributed by atoms with Crippen molar-refractivity contribution in [3.63, 3.8) is 0 Å². The number of benzene rings is 3. The highest BCUT2D eigenvalue weighted by Crippen LogP contribution is 2.20. The van der Waals surface area contributed by atoms with Gasteiger partial charge in [-0.3, -0.25) is 5.43 Å². The van der Waals surface area contributed by atoms with Gasteiger partial charge in [0, 0.05) is 0 Å². The van der Waals surface area contributed by atoms with Crippen LogP contribution in [0.4, 0.5) is 5.69 Å². The topological polar surface area (TPSA) is 55.1 Å². The van der Waals surface area contributed by atoms with E-state index in [1.807, 2.05) is 48.5 Å². The van der Waals surface area contributed by atoms with Crippen molar-refractivity contribution in [3.8, 4) is 11.1 Å². The van der Waals surface area contributed by atoms with E-state index in [0.717, 1.165) is 17.0 Å². The van der Waals surface area contributed by atoms with E-state index in [-0.39, 0.29) is 0 Å². The molecule has 0 aliphatic rings. The molecule has 0 fully saturated rings. The summed E-state index contributed by atoms with van der Waals surface area (Å²) in [5.74, 6) is 0. The van der Waals surface area contributed by atoms with Gasteiger partial charge in [-0.05, 0) is 28.8 Å². The molecule has 0 saturated heterocycles. The Bertz CT molecular complexity index is 992. The fourth-order valence-electron chi connectivity index (χ4n) is 2.79. The fourth-order valence-corrected chi connectivity index (χ4v) is 2.79. The molecule has 0 aliphatic carbocycles. The Morgan fingerprint density at radius 3 is 2.15 bits per heavy atom. The summed E-state index contributed by atoms with van der Waals surface area (Å²) in [5.41, 5.74) is 8.35. The summed E-state index contributed by atoms with van der Waals surface area (Å²) in [6.07, 6.45) is 3.22. The van der Waals surface area contributed by atoms with Gasteiger partial charge >= 0.3 is 0 Å². The minimum Gasteiger partial charge on any atom is -0.278 e. The van der Waals surface area contributed by atoms with E-state index >= 15 is 0 Å². The van der Waals surface area contributed by atoms with Crippen molar-refractivity contribution in [2.45, 2.75) is 6.54 Å². The second kappa shape index (κ2) is 8.10. The SMILES string of the molecule is c1ccc(N/N=C(/Cn2cncn2)c2ccc(-c3ccccc3)cc2)cc1. The highest BCUT2D eigenvalue weighted by atomic mass is 15.3. The van der Waals surface area contributed by atoms with E-state index in [0.29, 0.717) is 6.54 Å². The molecule has 0 radical (unpaired) electrons. The zero-order valence-electron chi connectivity index (χ0n) is 14.7. The zero-order chi connectivity index (χ0) is 18.3. The largest absolute Gasteiger partial charge is 0.278 e. The van der Waals surface area contributed by atoms with Gasteiger partial charge in [0.1, 0.15) is 12.7 Å². The molecule has 4 rings (SSSR count). The second-order valence-corrected chi connectivity index (χ2v) is 6.07. The van der Waals surface area contributed by atoms with E-state index in [2.05, 4.69) is 57.0 Å². The van der Waals surface area contributed by atoms with Crippen LogP contribution in [0.3, 0.4) is 0 Å². The number of rotatable bonds is 6. The third kappa shape index (κ3) is 4.27. The Hall–Kier alpha value is -3.73. The molecular weight excluding hydrogens is 334 g/mol. The zero-order valence-corrected chi connectivity index (χ0v) is 14.7. The molecule has 132 valence electrons. The van der Waals surface area contributed by atoms with Crippen LogP contribution in [-0.2, 0) is 6.54 Å². The van der Waals surface area contributed by atoms with Gasteiger partial charge in [0.05, 0.1) is 17.9 Å². The van der Waals surface area contributed by atoms with Crippen molar-refractivity contribution in [1.82, 2.24) is 14.8 Å². The van der Waals surface area contributed by atoms with E-state index in [4.69, 9.17) is 0 Å². The number of hydrazone groups is 1. The van der Waals surface area contributed by atoms with Gasteiger partial charge in [-0.1, -0.05) is 72.8 Å². The summed E-state index contributed by atoms with van der Waals surface area (Å²) >= 11 is 0. The lowest BCUT2D eigenvalue weighted by Gasteiger charge is -2.09. The molecule has 3 aromatic carbocycles. The van der Waals surface area contributed by atoms with Gasteiger partial charge < -0.3 is 0 Å². The molecule has 1 heterocycles. The van der Waals surface area contributed by atoms with E-state index in [9.17, 15) is 0 Å². The van der Waals surface area contributed by atoms with Gasteiger partial charge in [0.25, 0.3) is 0 Å². The summed E-state index contributed by atoms with van der Waals surface area (Å²) < 4.78 is 1.76. The molecule has 5 heteroatoms. The predicted octanol–water partition coefficient (Wildman–Crippen LogP) is 4.46. The first-order valence-electron chi connectivity index (χ1n) is 8.74. The Morgan fingerprint density at radius 1 is 0.815 bits per heavy atom. The molecule has 5 nitrogen and oxygen atoms in total. The van der Waals surface area contributed by atoms with Crippen LogP contribution in [0.1, 0.15) is 5.56 Å². The molecule has 1 aromatic heterocycles. The van der Waals surface area contributed by atoms with Crippen molar-refractivity contribution >= 4 is 11.4 Å². The van der Waals surface area contributed by atoms with E-state index in [1.54, 1.807) is 11.0 Å². The Morgan fingerprint density at radius 2 is 1.48 bits per heavy atom. The predicted molar refractivity (Wildman–Crippen MR) is 109 cm³/mol. The van der Waals surface area contributed by atoms with Crippen molar-refractivity contribution in [1.29, 1.82) is 0 Å². The molecule has 0 atom stereocenters. The third-order valence-corrected chi connectivity index (χ3v) is 4.20. The van der Waals surface area contributed by atoms with E-state index < -0.39 is 0 Å². The summed E-state index contributed by atoms with van der Waals surface area (Å²) in [4.78, 5) is 4.02. The molecular formula is C22H19N5. The Labute approximate surface area is 158 Å². The minimum atomic E-state index is 0.532. The lowest BCUT2D eigenvalue weighted by molar-refractivity contribution is 0.721. The van der Waals surface area contributed by atoms with Crippen LogP contribution in [0.15, 0.2) is 103 Å². The molecule has 4 aromatic rings. The lowest BCUT2D eigenvalue weighted by Crippen LogP contribution is -2.14. The smallest absolute Gasteiger partial charge is 0.137 e. The number of nitrogens with zero attached hydrogens (tertiary/aromatic N) is 4. The fraction of sp³-hybridized carbons (Fsp3) is 0.0455. The number of para-hydroxylation sites is 1. The third-order valence-electron chi connectivity index (χ3n) is 4.20. The molecule has 0 spiro atoms. The number of nitrogens with one attached hydrogen (secondary N) is 1. The molecule has 0 aliphatic heterocycles. The summed E-state index contributed by atoms with van der Waals surface area (Å²) in [6.45, 7) is 0.532. The van der Waals surface area contributed by atoms with Gasteiger partial charge in [0.15, 0.2) is 0 Å². The van der Waals surface area contributed by atoms with Crippen molar-refractivity contribution in [2.75, 3.05) is 5.43 Å². The Balaban J connectivity index is 1.61. The maximum Gasteiger partial charge on any atom is 0.137 e. The van der Waals surface area contributed by atoms with Crippen LogP contribution < -0.4 is 5.43 Å². The van der Waals surface area contributed by atoms with Gasteiger partial charge in [-0.25, -0.2) is 9.67 Å². The summed E-state index contributed by atoms with van der Waals surface area (Å²) in [5, 5.41) is 8.82. The first kappa shape index (κ1) is 16.7. The van der Waals surface area contributed by atoms with Crippen molar-refractivity contribution < 1.29 is 0 Å². The van der Waals surface area contributed by atoms with Crippen molar-refractivity contribution in [2.24, 2.45) is 5.10 Å². The Kier molecular flexibility index (Phi) is 5.02. The molecule has 0 amide bonds. The first-order valence-corrected chi connectivity index (χ1v) is 8.74. The van der Waals surface area contributed by atoms with Crippen LogP contribution >= 0.6 is 0 Å². The van der Waals surface area contributed by atoms with Gasteiger partial charge in [-0.15, -0.1) is 0 Å². The molecule has 27 heavy (non-hydrogen) atoms. The monoisotopic (exact) mass is 353 g/mol. The van der Waals surface area contributed by atoms with Crippen LogP contribution in [0, 0.1) is 0 Å². The highest BCUT2D eigenvalue weighted by molar-refractivity contribution is 6.01. The van der Waals surface area contributed by atoms with Crippen molar-refractivity contribution in [3.05, 3.63) is 103 Å². The summed E-state index contributed by atoms with van der Waals surface area (Å²) in [7, 11) is 0. The standard InChI is InChI=1S/C22H19N5/c1-3-7-18(8-4-1)19-11-13-20(14-12-19)22(15-27-17-23-16-24-27)26-25-21-9-5-2-6-10-21/h1-14,16-17,25H,15H2/b26-22-. The summed E-state index contributed by atoms with van der Waals surface area (Å²) in [6, 6.07) is 28.6. The quantitative estimate of drug-likeness (QED) is 0.411. The average molecular weight is 353 g/mol. The second-order valence-electron chi connectivity index (χ2n) is 6.07. The lowest BCUT2D eigenvalue weighted by atomic mass is 10.0. The van der Waals surface area contributed by atoms with Crippen LogP contribution in [0.2, 0.25) is 0 Å². The maximum atomic E-state index is 4.62. The maximum absolute atomic E-state index is 4.62. The first-order chi connectivity index (χ1) is 13.4. The number of aromatic nitrogens is 3. The molecule has 0 unspecified atom stereocenters. The van der Waals surface area contributed by atoms with Crippen LogP contribution in [0.5, 0.6) is 0 Å². The number of hydrogen-bond donors (Lipinski definition) is 1. The molecule has 1 N–H and O–H groups in total. The number of anilines is 1. The molecule has 0 bridgehead atoms. The van der Waals surface area contributed by atoms with E-state index in [1.165, 1.54) is 17.5 Å². The van der Waals surface area contributed by atoms with Crippen LogP contribution in [-0.4, -0.2) is 20.5 Å². The van der Waals surface area contributed by atoms with Gasteiger partial charge in [0.2, 0.25) is 0 Å². The average Bonchev–Trinajstić information content (AvgIpc) is 3.26. The van der Waals surface area contributed by atoms with Crippen LogP contribution in [0.25, 0.3) is 11.1 Å². The minimum absolute atomic E-state index is 0.532. The molecule has 0 saturated carbocycles. The normalized spacial score (nSPS) is 11.3. The van der Waals surface area contributed by atoms with Gasteiger partial charge in [-0.2, -0.15) is 10.2 Å². The number of hydrogen-bond acceptors (Lipinski definition) is 4.